The molecule has 3 aromatic carbocycles. The number of fused-ring (bicyclic) bond motifs is 1. The van der Waals surface area contributed by atoms with E-state index in [2.05, 4.69) is 15.6 Å². The number of furan rings is 1. The first-order chi connectivity index (χ1) is 20.4. The number of hydrogen-bond acceptors (Lipinski definition) is 5. The van der Waals surface area contributed by atoms with Gasteiger partial charge in [-0.15, -0.1) is 0 Å². The Labute approximate surface area is 240 Å². The lowest BCUT2D eigenvalue weighted by atomic mass is 10.0. The fourth-order valence-electron chi connectivity index (χ4n) is 5.03. The molecule has 3 amide bonds. The van der Waals surface area contributed by atoms with E-state index in [4.69, 9.17) is 4.42 Å². The molecule has 1 aliphatic rings. The Morgan fingerprint density at radius 3 is 2.31 bits per heavy atom. The number of pyridine rings is 1. The molecule has 0 aliphatic carbocycles. The topological polar surface area (TPSA) is 90.7 Å². The van der Waals surface area contributed by atoms with E-state index in [1.807, 2.05) is 11.0 Å². The molecule has 0 spiro atoms. The smallest absolute Gasteiger partial charge is 0.322 e. The van der Waals surface area contributed by atoms with E-state index in [1.54, 1.807) is 72.6 Å². The van der Waals surface area contributed by atoms with Crippen LogP contribution in [0.1, 0.15) is 16.1 Å². The Balaban J connectivity index is 1.08. The summed E-state index contributed by atoms with van der Waals surface area (Å²) >= 11 is 0. The second kappa shape index (κ2) is 11.3. The number of benzene rings is 3. The number of rotatable bonds is 5. The van der Waals surface area contributed by atoms with E-state index < -0.39 is 11.7 Å². The van der Waals surface area contributed by atoms with Crippen LogP contribution < -0.4 is 15.5 Å². The maximum absolute atomic E-state index is 14.3. The quantitative estimate of drug-likeness (QED) is 0.247. The highest BCUT2D eigenvalue weighted by Gasteiger charge is 2.23. The standard InChI is InChI=1S/C32H27F2N5O3/c1-20-24-18-21(23-6-2-3-7-25(23)33)10-12-28(24)42-30(20)31(40)36-22-11-13-29(35-19-22)38-14-16-39(17-15-38)32(41)37-27-9-5-4-8-26(27)34/h2-13,18-19H,14-17H2,1H3,(H,36,40)(H,37,41). The Morgan fingerprint density at radius 2 is 1.60 bits per heavy atom. The number of amides is 3. The van der Waals surface area contributed by atoms with Crippen LogP contribution in [0.5, 0.6) is 0 Å². The van der Waals surface area contributed by atoms with Gasteiger partial charge in [-0.2, -0.15) is 0 Å². The van der Waals surface area contributed by atoms with Crippen molar-refractivity contribution in [3.05, 3.63) is 108 Å². The van der Waals surface area contributed by atoms with Gasteiger partial charge in [0.1, 0.15) is 23.0 Å². The second-order valence-electron chi connectivity index (χ2n) is 9.99. The van der Waals surface area contributed by atoms with Crippen molar-refractivity contribution in [1.29, 1.82) is 0 Å². The number of carbonyl (C=O) groups is 2. The van der Waals surface area contributed by atoms with Crippen LogP contribution in [0.4, 0.5) is 30.8 Å². The summed E-state index contributed by atoms with van der Waals surface area (Å²) in [5.74, 6) is -0.336. The van der Waals surface area contributed by atoms with Crippen LogP contribution in [-0.4, -0.2) is 48.0 Å². The zero-order chi connectivity index (χ0) is 29.2. The van der Waals surface area contributed by atoms with Crippen molar-refractivity contribution in [3.63, 3.8) is 0 Å². The number of halogens is 2. The minimum atomic E-state index is -0.481. The highest BCUT2D eigenvalue weighted by molar-refractivity contribution is 6.06. The molecule has 2 N–H and O–H groups in total. The molecule has 1 fully saturated rings. The number of aromatic nitrogens is 1. The average Bonchev–Trinajstić information content (AvgIpc) is 3.34. The minimum absolute atomic E-state index is 0.148. The van der Waals surface area contributed by atoms with Crippen molar-refractivity contribution in [2.45, 2.75) is 6.92 Å². The van der Waals surface area contributed by atoms with Crippen molar-refractivity contribution in [3.8, 4) is 11.1 Å². The van der Waals surface area contributed by atoms with Crippen LogP contribution in [-0.2, 0) is 0 Å². The third-order valence-corrected chi connectivity index (χ3v) is 7.34. The highest BCUT2D eigenvalue weighted by Crippen LogP contribution is 2.32. The molecule has 212 valence electrons. The number of nitrogens with one attached hydrogen (secondary N) is 2. The fourth-order valence-corrected chi connectivity index (χ4v) is 5.03. The SMILES string of the molecule is Cc1c(C(=O)Nc2ccc(N3CCN(C(=O)Nc4ccccc4F)CC3)nc2)oc2ccc(-c3ccccc3F)cc12. The van der Waals surface area contributed by atoms with Gasteiger partial charge in [-0.05, 0) is 55.0 Å². The third-order valence-electron chi connectivity index (χ3n) is 7.34. The first-order valence-corrected chi connectivity index (χ1v) is 13.5. The maximum atomic E-state index is 14.3. The number of urea groups is 1. The largest absolute Gasteiger partial charge is 0.451 e. The second-order valence-corrected chi connectivity index (χ2v) is 9.99. The third kappa shape index (κ3) is 5.38. The number of carbonyl (C=O) groups excluding carboxylic acids is 2. The Morgan fingerprint density at radius 1 is 0.857 bits per heavy atom. The molecule has 1 saturated heterocycles. The molecular weight excluding hydrogens is 540 g/mol. The monoisotopic (exact) mass is 567 g/mol. The normalized spacial score (nSPS) is 13.3. The van der Waals surface area contributed by atoms with Crippen LogP contribution in [0.3, 0.4) is 0 Å². The van der Waals surface area contributed by atoms with Crippen LogP contribution >= 0.6 is 0 Å². The molecule has 0 atom stereocenters. The van der Waals surface area contributed by atoms with Crippen molar-refractivity contribution < 1.29 is 22.8 Å². The summed E-state index contributed by atoms with van der Waals surface area (Å²) in [6, 6.07) is 21.1. The lowest BCUT2D eigenvalue weighted by molar-refractivity contribution is 0.0998. The predicted molar refractivity (Wildman–Crippen MR) is 158 cm³/mol. The first kappa shape index (κ1) is 26.9. The van der Waals surface area contributed by atoms with Crippen LogP contribution in [0, 0.1) is 18.6 Å². The van der Waals surface area contributed by atoms with E-state index in [1.165, 1.54) is 18.2 Å². The van der Waals surface area contributed by atoms with E-state index in [-0.39, 0.29) is 23.3 Å². The summed E-state index contributed by atoms with van der Waals surface area (Å²) < 4.78 is 34.0. The summed E-state index contributed by atoms with van der Waals surface area (Å²) in [5.41, 5.74) is 3.01. The average molecular weight is 568 g/mol. The van der Waals surface area contributed by atoms with Gasteiger partial charge < -0.3 is 24.9 Å². The van der Waals surface area contributed by atoms with Gasteiger partial charge in [-0.1, -0.05) is 36.4 Å². The van der Waals surface area contributed by atoms with Crippen molar-refractivity contribution in [2.24, 2.45) is 0 Å². The lowest BCUT2D eigenvalue weighted by Gasteiger charge is -2.35. The highest BCUT2D eigenvalue weighted by atomic mass is 19.1. The molecule has 0 radical (unpaired) electrons. The van der Waals surface area contributed by atoms with E-state index in [0.29, 0.717) is 60.0 Å². The molecular formula is C32H27F2N5O3. The van der Waals surface area contributed by atoms with Gasteiger partial charge in [-0.25, -0.2) is 18.6 Å². The van der Waals surface area contributed by atoms with Gasteiger partial charge >= 0.3 is 6.03 Å². The van der Waals surface area contributed by atoms with Gasteiger partial charge in [0, 0.05) is 42.7 Å². The van der Waals surface area contributed by atoms with E-state index in [9.17, 15) is 18.4 Å². The Hall–Kier alpha value is -5.25. The molecule has 1 aliphatic heterocycles. The molecule has 0 unspecified atom stereocenters. The van der Waals surface area contributed by atoms with Crippen LogP contribution in [0.25, 0.3) is 22.1 Å². The minimum Gasteiger partial charge on any atom is -0.451 e. The van der Waals surface area contributed by atoms with E-state index in [0.717, 1.165) is 5.39 Å². The number of piperazine rings is 1. The number of hydrogen-bond donors (Lipinski definition) is 2. The van der Waals surface area contributed by atoms with Crippen LogP contribution in [0.15, 0.2) is 89.5 Å². The molecule has 0 saturated carbocycles. The molecule has 10 heteroatoms. The number of para-hydroxylation sites is 1. The fraction of sp³-hybridized carbons (Fsp3) is 0.156. The van der Waals surface area contributed by atoms with Crippen molar-refractivity contribution >= 4 is 40.1 Å². The van der Waals surface area contributed by atoms with Crippen LogP contribution in [0.2, 0.25) is 0 Å². The van der Waals surface area contributed by atoms with Crippen molar-refractivity contribution in [2.75, 3.05) is 41.7 Å². The molecule has 6 rings (SSSR count). The molecule has 42 heavy (non-hydrogen) atoms. The zero-order valence-corrected chi connectivity index (χ0v) is 22.7. The van der Waals surface area contributed by atoms with Gasteiger partial charge in [-0.3, -0.25) is 4.79 Å². The number of aryl methyl sites for hydroxylation is 1. The molecule has 5 aromatic rings. The first-order valence-electron chi connectivity index (χ1n) is 13.5. The summed E-state index contributed by atoms with van der Waals surface area (Å²) in [4.78, 5) is 33.8. The number of anilines is 3. The van der Waals surface area contributed by atoms with Crippen molar-refractivity contribution in [1.82, 2.24) is 9.88 Å². The molecule has 0 bridgehead atoms. The van der Waals surface area contributed by atoms with Gasteiger partial charge in [0.05, 0.1) is 17.6 Å². The van der Waals surface area contributed by atoms with Gasteiger partial charge in [0.15, 0.2) is 5.76 Å². The summed E-state index contributed by atoms with van der Waals surface area (Å²) in [6.45, 7) is 3.80. The molecule has 2 aromatic heterocycles. The maximum Gasteiger partial charge on any atom is 0.322 e. The Bertz CT molecular complexity index is 1780. The van der Waals surface area contributed by atoms with Gasteiger partial charge in [0.2, 0.25) is 0 Å². The summed E-state index contributed by atoms with van der Waals surface area (Å²) in [7, 11) is 0. The Kier molecular flexibility index (Phi) is 7.26. The molecule has 8 nitrogen and oxygen atoms in total. The van der Waals surface area contributed by atoms with Gasteiger partial charge in [0.25, 0.3) is 5.91 Å². The summed E-state index contributed by atoms with van der Waals surface area (Å²) in [6.07, 6.45) is 1.57. The van der Waals surface area contributed by atoms with E-state index >= 15 is 0 Å². The zero-order valence-electron chi connectivity index (χ0n) is 22.7. The summed E-state index contributed by atoms with van der Waals surface area (Å²) in [5, 5.41) is 6.18. The number of nitrogens with zero attached hydrogens (tertiary/aromatic N) is 3. The predicted octanol–water partition coefficient (Wildman–Crippen LogP) is 6.69. The lowest BCUT2D eigenvalue weighted by Crippen LogP contribution is -2.50. The molecule has 3 heterocycles.